The molecule has 0 saturated heterocycles. The molecule has 1 N–H and O–H groups in total. The topological polar surface area (TPSA) is 38.7 Å². The number of methoxy groups -OCH3 is 1. The molecule has 0 spiro atoms. The zero-order chi connectivity index (χ0) is 15.0. The minimum absolute atomic E-state index is 0.0594. The van der Waals surface area contributed by atoms with E-state index >= 15 is 0 Å². The summed E-state index contributed by atoms with van der Waals surface area (Å²) in [6, 6.07) is 7.79. The first kappa shape index (κ1) is 16.6. The van der Waals surface area contributed by atoms with Crippen molar-refractivity contribution in [2.24, 2.45) is 11.8 Å². The van der Waals surface area contributed by atoms with E-state index in [1.807, 2.05) is 45.0 Å². The normalized spacial score (nSPS) is 14.8. The molecule has 0 unspecified atom stereocenters. The Morgan fingerprint density at radius 2 is 1.85 bits per heavy atom. The fourth-order valence-corrected chi connectivity index (χ4v) is 2.13. The SMILES string of the molecule is CC#C[C@H](C)[C@H](OCc1ccc(OC)cc1)[C@H](C)CO. The van der Waals surface area contributed by atoms with Crippen LogP contribution < -0.4 is 4.74 Å². The molecule has 20 heavy (non-hydrogen) atoms. The standard InChI is InChI=1S/C17H24O3/c1-5-6-13(2)17(14(3)11-18)20-12-15-7-9-16(19-4)10-8-15/h7-10,13-14,17-18H,11-12H2,1-4H3/t13-,14+,17-/m0/s1. The fourth-order valence-electron chi connectivity index (χ4n) is 2.13. The Bertz CT molecular complexity index is 442. The van der Waals surface area contributed by atoms with Crippen LogP contribution in [0.4, 0.5) is 0 Å². The third-order valence-electron chi connectivity index (χ3n) is 3.32. The average molecular weight is 276 g/mol. The van der Waals surface area contributed by atoms with Crippen LogP contribution in [0.5, 0.6) is 5.75 Å². The summed E-state index contributed by atoms with van der Waals surface area (Å²) < 4.78 is 11.1. The van der Waals surface area contributed by atoms with Crippen molar-refractivity contribution in [3.8, 4) is 17.6 Å². The van der Waals surface area contributed by atoms with Gasteiger partial charge in [0.25, 0.3) is 0 Å². The minimum atomic E-state index is -0.0745. The van der Waals surface area contributed by atoms with Gasteiger partial charge < -0.3 is 14.6 Å². The van der Waals surface area contributed by atoms with Crippen molar-refractivity contribution in [3.05, 3.63) is 29.8 Å². The number of aliphatic hydroxyl groups excluding tert-OH is 1. The van der Waals surface area contributed by atoms with Crippen molar-refractivity contribution < 1.29 is 14.6 Å². The molecular formula is C17H24O3. The van der Waals surface area contributed by atoms with E-state index in [-0.39, 0.29) is 24.5 Å². The monoisotopic (exact) mass is 276 g/mol. The quantitative estimate of drug-likeness (QED) is 0.778. The number of hydrogen-bond acceptors (Lipinski definition) is 3. The molecule has 3 nitrogen and oxygen atoms in total. The van der Waals surface area contributed by atoms with Crippen LogP contribution in [0.1, 0.15) is 26.3 Å². The molecule has 0 amide bonds. The van der Waals surface area contributed by atoms with Crippen LogP contribution in [0, 0.1) is 23.7 Å². The number of benzene rings is 1. The summed E-state index contributed by atoms with van der Waals surface area (Å²) >= 11 is 0. The fraction of sp³-hybridized carbons (Fsp3) is 0.529. The van der Waals surface area contributed by atoms with Gasteiger partial charge in [-0.25, -0.2) is 0 Å². The Morgan fingerprint density at radius 3 is 2.35 bits per heavy atom. The highest BCUT2D eigenvalue weighted by Gasteiger charge is 2.22. The van der Waals surface area contributed by atoms with Gasteiger partial charge in [0, 0.05) is 18.4 Å². The number of hydrogen-bond donors (Lipinski definition) is 1. The van der Waals surface area contributed by atoms with Crippen LogP contribution in [0.2, 0.25) is 0 Å². The van der Waals surface area contributed by atoms with Crippen molar-refractivity contribution in [2.75, 3.05) is 13.7 Å². The number of aliphatic hydroxyl groups is 1. The van der Waals surface area contributed by atoms with Crippen molar-refractivity contribution in [1.82, 2.24) is 0 Å². The van der Waals surface area contributed by atoms with Crippen molar-refractivity contribution >= 4 is 0 Å². The Morgan fingerprint density at radius 1 is 1.20 bits per heavy atom. The van der Waals surface area contributed by atoms with E-state index in [0.29, 0.717) is 6.61 Å². The van der Waals surface area contributed by atoms with Gasteiger partial charge in [0.05, 0.1) is 19.8 Å². The maximum atomic E-state index is 9.34. The summed E-state index contributed by atoms with van der Waals surface area (Å²) in [7, 11) is 1.65. The summed E-state index contributed by atoms with van der Waals surface area (Å²) in [5.41, 5.74) is 1.08. The van der Waals surface area contributed by atoms with Crippen LogP contribution in [-0.4, -0.2) is 24.9 Å². The lowest BCUT2D eigenvalue weighted by Gasteiger charge is -2.26. The van der Waals surface area contributed by atoms with Gasteiger partial charge in [-0.15, -0.1) is 5.92 Å². The molecule has 1 aromatic carbocycles. The lowest BCUT2D eigenvalue weighted by Crippen LogP contribution is -2.30. The third kappa shape index (κ3) is 4.88. The third-order valence-corrected chi connectivity index (χ3v) is 3.32. The van der Waals surface area contributed by atoms with Crippen molar-refractivity contribution in [3.63, 3.8) is 0 Å². The van der Waals surface area contributed by atoms with Gasteiger partial charge in [-0.1, -0.05) is 25.0 Å². The van der Waals surface area contributed by atoms with Gasteiger partial charge in [-0.3, -0.25) is 0 Å². The molecule has 0 saturated carbocycles. The van der Waals surface area contributed by atoms with Crippen LogP contribution in [0.15, 0.2) is 24.3 Å². The molecule has 0 aliphatic rings. The van der Waals surface area contributed by atoms with Crippen molar-refractivity contribution in [1.29, 1.82) is 0 Å². The highest BCUT2D eigenvalue weighted by molar-refractivity contribution is 5.26. The zero-order valence-corrected chi connectivity index (χ0v) is 12.7. The number of rotatable bonds is 7. The van der Waals surface area contributed by atoms with E-state index in [2.05, 4.69) is 11.8 Å². The van der Waals surface area contributed by atoms with E-state index in [1.54, 1.807) is 7.11 Å². The predicted octanol–water partition coefficient (Wildman–Crippen LogP) is 2.87. The van der Waals surface area contributed by atoms with E-state index < -0.39 is 0 Å². The second kappa shape index (κ2) is 8.63. The molecule has 0 aliphatic carbocycles. The summed E-state index contributed by atoms with van der Waals surface area (Å²) in [6.07, 6.45) is -0.0745. The minimum Gasteiger partial charge on any atom is -0.497 e. The Hall–Kier alpha value is -1.50. The lowest BCUT2D eigenvalue weighted by atomic mass is 9.94. The van der Waals surface area contributed by atoms with Crippen LogP contribution in [0.25, 0.3) is 0 Å². The van der Waals surface area contributed by atoms with E-state index in [9.17, 15) is 5.11 Å². The first-order chi connectivity index (χ1) is 9.62. The first-order valence-electron chi connectivity index (χ1n) is 6.90. The van der Waals surface area contributed by atoms with Gasteiger partial charge in [0.2, 0.25) is 0 Å². The highest BCUT2D eigenvalue weighted by atomic mass is 16.5. The van der Waals surface area contributed by atoms with Gasteiger partial charge in [-0.05, 0) is 31.5 Å². The molecule has 0 aliphatic heterocycles. The van der Waals surface area contributed by atoms with Crippen molar-refractivity contribution in [2.45, 2.75) is 33.5 Å². The van der Waals surface area contributed by atoms with Crippen LogP contribution in [0.3, 0.4) is 0 Å². The maximum Gasteiger partial charge on any atom is 0.118 e. The van der Waals surface area contributed by atoms with Crippen LogP contribution in [-0.2, 0) is 11.3 Å². The molecule has 0 heterocycles. The second-order valence-corrected chi connectivity index (χ2v) is 4.97. The lowest BCUT2D eigenvalue weighted by molar-refractivity contribution is -0.0288. The molecule has 0 fully saturated rings. The smallest absolute Gasteiger partial charge is 0.118 e. The molecule has 1 rings (SSSR count). The summed E-state index contributed by atoms with van der Waals surface area (Å²) in [4.78, 5) is 0. The van der Waals surface area contributed by atoms with Gasteiger partial charge in [-0.2, -0.15) is 0 Å². The molecule has 110 valence electrons. The van der Waals surface area contributed by atoms with E-state index in [4.69, 9.17) is 9.47 Å². The van der Waals surface area contributed by atoms with Gasteiger partial charge >= 0.3 is 0 Å². The first-order valence-corrected chi connectivity index (χ1v) is 6.90. The van der Waals surface area contributed by atoms with E-state index in [1.165, 1.54) is 0 Å². The number of ether oxygens (including phenoxy) is 2. The predicted molar refractivity (Wildman–Crippen MR) is 80.4 cm³/mol. The molecule has 0 radical (unpaired) electrons. The highest BCUT2D eigenvalue weighted by Crippen LogP contribution is 2.19. The molecule has 0 bridgehead atoms. The Kier molecular flexibility index (Phi) is 7.14. The molecule has 3 atom stereocenters. The molecule has 1 aromatic rings. The Balaban J connectivity index is 2.66. The zero-order valence-electron chi connectivity index (χ0n) is 12.7. The summed E-state index contributed by atoms with van der Waals surface area (Å²) in [5.74, 6) is 7.01. The largest absolute Gasteiger partial charge is 0.497 e. The maximum absolute atomic E-state index is 9.34. The molecule has 0 aromatic heterocycles. The van der Waals surface area contributed by atoms with Gasteiger partial charge in [0.15, 0.2) is 0 Å². The molecule has 3 heteroatoms. The summed E-state index contributed by atoms with van der Waals surface area (Å²) in [5, 5.41) is 9.34. The molecular weight excluding hydrogens is 252 g/mol. The Labute approximate surface area is 121 Å². The summed E-state index contributed by atoms with van der Waals surface area (Å²) in [6.45, 7) is 6.44. The van der Waals surface area contributed by atoms with Gasteiger partial charge in [0.1, 0.15) is 5.75 Å². The van der Waals surface area contributed by atoms with E-state index in [0.717, 1.165) is 11.3 Å². The second-order valence-electron chi connectivity index (χ2n) is 4.97. The van der Waals surface area contributed by atoms with Crippen LogP contribution >= 0.6 is 0 Å². The average Bonchev–Trinajstić information content (AvgIpc) is 2.48.